The summed E-state index contributed by atoms with van der Waals surface area (Å²) in [5, 5.41) is 16.2. The molecule has 0 unspecified atom stereocenters. The molecule has 12 nitrogen and oxygen atoms in total. The van der Waals surface area contributed by atoms with Crippen molar-refractivity contribution in [2.45, 2.75) is 13.3 Å². The number of carbonyl (C=O) groups is 4. The van der Waals surface area contributed by atoms with E-state index in [1.807, 2.05) is 12.2 Å². The number of allylic oxidation sites excluding steroid dienone is 2. The van der Waals surface area contributed by atoms with Crippen LogP contribution in [0.2, 0.25) is 0 Å². The summed E-state index contributed by atoms with van der Waals surface area (Å²) < 4.78 is 15.6. The molecule has 194 valence electrons. The zero-order valence-electron chi connectivity index (χ0n) is 20.2. The average Bonchev–Trinajstić information content (AvgIpc) is 3.57. The first-order valence-corrected chi connectivity index (χ1v) is 11.6. The van der Waals surface area contributed by atoms with Gasteiger partial charge in [-0.15, -0.1) is 0 Å². The Morgan fingerprint density at radius 1 is 1.00 bits per heavy atom. The van der Waals surface area contributed by atoms with E-state index in [0.29, 0.717) is 0 Å². The van der Waals surface area contributed by atoms with Crippen LogP contribution in [-0.4, -0.2) is 47.0 Å². The van der Waals surface area contributed by atoms with Gasteiger partial charge in [-0.05, 0) is 42.5 Å². The van der Waals surface area contributed by atoms with E-state index in [4.69, 9.17) is 14.2 Å². The number of rotatable bonds is 7. The number of ether oxygens (including phenoxy) is 3. The molecule has 0 aromatic heterocycles. The Kier molecular flexibility index (Phi) is 6.23. The zero-order chi connectivity index (χ0) is 27.1. The average molecular weight is 519 g/mol. The first kappa shape index (κ1) is 24.8. The van der Waals surface area contributed by atoms with E-state index >= 15 is 0 Å². The molecule has 2 amide bonds. The van der Waals surface area contributed by atoms with Crippen LogP contribution in [0.4, 0.5) is 5.69 Å². The molecule has 0 radical (unpaired) electrons. The summed E-state index contributed by atoms with van der Waals surface area (Å²) in [6, 6.07) is 7.50. The molecular weight excluding hydrogens is 498 g/mol. The molecule has 1 saturated heterocycles. The third kappa shape index (κ3) is 4.29. The van der Waals surface area contributed by atoms with Crippen molar-refractivity contribution >= 4 is 35.7 Å². The van der Waals surface area contributed by atoms with Gasteiger partial charge in [-0.1, -0.05) is 12.2 Å². The third-order valence-corrected chi connectivity index (χ3v) is 6.82. The van der Waals surface area contributed by atoms with E-state index in [1.54, 1.807) is 0 Å². The van der Waals surface area contributed by atoms with Gasteiger partial charge < -0.3 is 14.2 Å². The number of carbonyl (C=O) groups excluding carboxylic acids is 4. The Labute approximate surface area is 215 Å². The molecule has 4 atom stereocenters. The van der Waals surface area contributed by atoms with Gasteiger partial charge >= 0.3 is 11.9 Å². The lowest BCUT2D eigenvalue weighted by molar-refractivity contribution is -0.384. The normalized spacial score (nSPS) is 23.2. The number of hydrogen-bond donors (Lipinski definition) is 0. The summed E-state index contributed by atoms with van der Waals surface area (Å²) in [7, 11) is 1.33. The number of nitro groups is 1. The van der Waals surface area contributed by atoms with Crippen molar-refractivity contribution < 1.29 is 38.3 Å². The van der Waals surface area contributed by atoms with Gasteiger partial charge in [0.1, 0.15) is 5.75 Å². The number of benzene rings is 2. The predicted octanol–water partition coefficient (Wildman–Crippen LogP) is 2.89. The maximum atomic E-state index is 12.9. The van der Waals surface area contributed by atoms with Gasteiger partial charge in [0.2, 0.25) is 0 Å². The highest BCUT2D eigenvalue weighted by molar-refractivity contribution is 6.07. The monoisotopic (exact) mass is 519 g/mol. The standard InChI is InChI=1S/C26H21N3O9/c1-13(30)37-20-7-5-16(11-21(20)36-2)26(33)38-19-8-6-18(29(34)35)10-17(19)12-27-28-24(31)22-14-3-4-15(9-14)23(22)25(28)32/h3-8,10-12,14-15,22-23H,9H2,1-2H3/t14-,15-,22-,23+/m0/s1. The van der Waals surface area contributed by atoms with E-state index in [2.05, 4.69) is 5.10 Å². The lowest BCUT2D eigenvalue weighted by atomic mass is 9.85. The molecule has 2 bridgehead atoms. The molecule has 2 aromatic carbocycles. The Bertz CT molecular complexity index is 1420. The second kappa shape index (κ2) is 9.54. The van der Waals surface area contributed by atoms with Crippen LogP contribution in [0.5, 0.6) is 17.2 Å². The van der Waals surface area contributed by atoms with E-state index in [1.165, 1.54) is 38.3 Å². The maximum absolute atomic E-state index is 12.9. The van der Waals surface area contributed by atoms with Crippen molar-refractivity contribution in [3.8, 4) is 17.2 Å². The van der Waals surface area contributed by atoms with Gasteiger partial charge in [0.15, 0.2) is 11.5 Å². The second-order valence-corrected chi connectivity index (χ2v) is 9.06. The van der Waals surface area contributed by atoms with Crippen molar-refractivity contribution in [1.82, 2.24) is 5.01 Å². The molecule has 1 aliphatic heterocycles. The van der Waals surface area contributed by atoms with Crippen LogP contribution in [0.25, 0.3) is 0 Å². The van der Waals surface area contributed by atoms with Crippen molar-refractivity contribution in [1.29, 1.82) is 0 Å². The summed E-state index contributed by atoms with van der Waals surface area (Å²) in [6.45, 7) is 1.22. The van der Waals surface area contributed by atoms with E-state index in [0.717, 1.165) is 29.8 Å². The van der Waals surface area contributed by atoms with E-state index in [-0.39, 0.29) is 45.9 Å². The highest BCUT2D eigenvalue weighted by Crippen LogP contribution is 2.52. The topological polar surface area (TPSA) is 155 Å². The highest BCUT2D eigenvalue weighted by atomic mass is 16.6. The summed E-state index contributed by atoms with van der Waals surface area (Å²) in [6.07, 6.45) is 5.76. The smallest absolute Gasteiger partial charge is 0.343 e. The minimum Gasteiger partial charge on any atom is -0.493 e. The molecule has 1 heterocycles. The number of methoxy groups -OCH3 is 1. The Morgan fingerprint density at radius 3 is 2.26 bits per heavy atom. The quantitative estimate of drug-likeness (QED) is 0.102. The molecule has 1 saturated carbocycles. The number of non-ortho nitro benzene ring substituents is 1. The number of nitrogens with zero attached hydrogens (tertiary/aromatic N) is 3. The fourth-order valence-corrected chi connectivity index (χ4v) is 5.16. The molecule has 12 heteroatoms. The van der Waals surface area contributed by atoms with Crippen LogP contribution in [0.3, 0.4) is 0 Å². The number of imide groups is 1. The largest absolute Gasteiger partial charge is 0.493 e. The summed E-state index contributed by atoms with van der Waals surface area (Å²) >= 11 is 0. The number of esters is 2. The summed E-state index contributed by atoms with van der Waals surface area (Å²) in [5.41, 5.74) is -0.258. The lowest BCUT2D eigenvalue weighted by Crippen LogP contribution is -2.28. The Morgan fingerprint density at radius 2 is 1.66 bits per heavy atom. The first-order chi connectivity index (χ1) is 18.2. The minimum absolute atomic E-state index is 0.000190. The molecule has 0 N–H and O–H groups in total. The highest BCUT2D eigenvalue weighted by Gasteiger charge is 2.59. The van der Waals surface area contributed by atoms with Crippen molar-refractivity contribution in [3.05, 3.63) is 69.8 Å². The van der Waals surface area contributed by atoms with Gasteiger partial charge in [0, 0.05) is 24.6 Å². The number of nitro benzene ring substituents is 1. The van der Waals surface area contributed by atoms with Crippen LogP contribution in [-0.2, 0) is 14.4 Å². The third-order valence-electron chi connectivity index (χ3n) is 6.82. The molecule has 2 aliphatic carbocycles. The van der Waals surface area contributed by atoms with Crippen LogP contribution in [0.1, 0.15) is 29.3 Å². The number of hydrogen-bond acceptors (Lipinski definition) is 10. The van der Waals surface area contributed by atoms with Gasteiger partial charge in [-0.3, -0.25) is 24.5 Å². The van der Waals surface area contributed by atoms with Crippen LogP contribution in [0.15, 0.2) is 53.7 Å². The predicted molar refractivity (Wildman–Crippen MR) is 130 cm³/mol. The summed E-state index contributed by atoms with van der Waals surface area (Å²) in [5.74, 6) is -3.04. The van der Waals surface area contributed by atoms with E-state index < -0.39 is 40.5 Å². The summed E-state index contributed by atoms with van der Waals surface area (Å²) in [4.78, 5) is 60.7. The van der Waals surface area contributed by atoms with Gasteiger partial charge in [0.05, 0.1) is 35.6 Å². The molecule has 38 heavy (non-hydrogen) atoms. The molecule has 2 aromatic rings. The number of fused-ring (bicyclic) bond motifs is 5. The van der Waals surface area contributed by atoms with Crippen LogP contribution >= 0.6 is 0 Å². The van der Waals surface area contributed by atoms with Gasteiger partial charge in [-0.25, -0.2) is 4.79 Å². The van der Waals surface area contributed by atoms with Crippen LogP contribution in [0, 0.1) is 33.8 Å². The molecular formula is C26H21N3O9. The maximum Gasteiger partial charge on any atom is 0.343 e. The van der Waals surface area contributed by atoms with Gasteiger partial charge in [0.25, 0.3) is 17.5 Å². The molecule has 0 spiro atoms. The molecule has 5 rings (SSSR count). The minimum atomic E-state index is -0.841. The SMILES string of the molecule is COc1cc(C(=O)Oc2ccc([N+](=O)[O-])cc2C=NN2C(=O)[C@@H]3[C@H](C2=O)[C@H]2C=C[C@H]3C2)ccc1OC(C)=O. The lowest BCUT2D eigenvalue weighted by Gasteiger charge is -2.13. The zero-order valence-corrected chi connectivity index (χ0v) is 20.2. The fraction of sp³-hybridized carbons (Fsp3) is 0.269. The number of amides is 2. The molecule has 2 fully saturated rings. The fourth-order valence-electron chi connectivity index (χ4n) is 5.16. The second-order valence-electron chi connectivity index (χ2n) is 9.06. The first-order valence-electron chi connectivity index (χ1n) is 11.6. The van der Waals surface area contributed by atoms with Crippen LogP contribution < -0.4 is 14.2 Å². The Balaban J connectivity index is 1.41. The van der Waals surface area contributed by atoms with Crippen molar-refractivity contribution in [3.63, 3.8) is 0 Å². The number of hydrazone groups is 1. The van der Waals surface area contributed by atoms with Crippen molar-refractivity contribution in [2.24, 2.45) is 28.8 Å². The Hall–Kier alpha value is -4.87. The van der Waals surface area contributed by atoms with Crippen molar-refractivity contribution in [2.75, 3.05) is 7.11 Å². The van der Waals surface area contributed by atoms with E-state index in [9.17, 15) is 29.3 Å². The van der Waals surface area contributed by atoms with Gasteiger partial charge in [-0.2, -0.15) is 10.1 Å². The molecule has 3 aliphatic rings.